The highest BCUT2D eigenvalue weighted by molar-refractivity contribution is 7.64. The fourth-order valence-electron chi connectivity index (χ4n) is 2.07. The monoisotopic (exact) mass is 224 g/mol. The minimum absolute atomic E-state index is 0.0414. The van der Waals surface area contributed by atoms with Gasteiger partial charge in [-0.1, -0.05) is 24.1 Å². The van der Waals surface area contributed by atoms with E-state index in [-0.39, 0.29) is 32.6 Å². The maximum absolute atomic E-state index is 9.70. The average Bonchev–Trinajstić information content (AvgIpc) is 2.86. The van der Waals surface area contributed by atoms with Crippen LogP contribution in [0.5, 0.6) is 0 Å². The molecule has 0 aromatic rings. The van der Waals surface area contributed by atoms with E-state index < -0.39 is 0 Å². The van der Waals surface area contributed by atoms with Crippen LogP contribution in [0.1, 0.15) is 25.7 Å². The zero-order valence-electron chi connectivity index (χ0n) is 7.28. The quantitative estimate of drug-likeness (QED) is 0.589. The molecule has 1 saturated heterocycles. The van der Waals surface area contributed by atoms with Crippen molar-refractivity contribution in [1.29, 1.82) is 0 Å². The average molecular weight is 225 g/mol. The molecule has 1 N–H and O–H groups in total. The molecule has 0 radical (unpaired) electrons. The molecular formula is C8H14ClO3P. The van der Waals surface area contributed by atoms with Crippen molar-refractivity contribution in [2.45, 2.75) is 44.2 Å². The van der Waals surface area contributed by atoms with Crippen LogP contribution in [0.25, 0.3) is 0 Å². The van der Waals surface area contributed by atoms with Crippen LogP contribution in [-0.2, 0) is 9.26 Å². The van der Waals surface area contributed by atoms with Crippen LogP contribution in [0.2, 0.25) is 0 Å². The standard InChI is InChI=1S/C8H14ClO3P/c9-13-12-8-7(11-8)5-3-1-2-4-6(5)10/h5-8,10,13H,1-4H2. The summed E-state index contributed by atoms with van der Waals surface area (Å²) in [5.41, 5.74) is 0. The van der Waals surface area contributed by atoms with Crippen molar-refractivity contribution in [3.8, 4) is 0 Å². The van der Waals surface area contributed by atoms with Crippen molar-refractivity contribution in [2.24, 2.45) is 5.92 Å². The van der Waals surface area contributed by atoms with Gasteiger partial charge in [-0.15, -0.1) is 0 Å². The maximum Gasteiger partial charge on any atom is 0.189 e. The number of halogens is 1. The van der Waals surface area contributed by atoms with E-state index >= 15 is 0 Å². The normalized spacial score (nSPS) is 45.7. The molecular weight excluding hydrogens is 211 g/mol. The number of epoxide rings is 1. The molecule has 5 atom stereocenters. The first kappa shape index (κ1) is 10.1. The Bertz CT molecular complexity index is 181. The topological polar surface area (TPSA) is 42.0 Å². The van der Waals surface area contributed by atoms with Crippen molar-refractivity contribution in [2.75, 3.05) is 0 Å². The molecule has 3 nitrogen and oxygen atoms in total. The molecule has 1 heterocycles. The van der Waals surface area contributed by atoms with Gasteiger partial charge in [0.2, 0.25) is 0 Å². The second-order valence-electron chi connectivity index (χ2n) is 3.68. The van der Waals surface area contributed by atoms with Gasteiger partial charge >= 0.3 is 0 Å². The zero-order chi connectivity index (χ0) is 9.26. The van der Waals surface area contributed by atoms with Crippen LogP contribution in [0.15, 0.2) is 0 Å². The van der Waals surface area contributed by atoms with Gasteiger partial charge in [0.15, 0.2) is 6.29 Å². The lowest BCUT2D eigenvalue weighted by Gasteiger charge is -2.25. The summed E-state index contributed by atoms with van der Waals surface area (Å²) < 4.78 is 10.4. The van der Waals surface area contributed by atoms with Gasteiger partial charge < -0.3 is 14.4 Å². The van der Waals surface area contributed by atoms with E-state index in [4.69, 9.17) is 20.5 Å². The minimum Gasteiger partial charge on any atom is -0.393 e. The molecule has 1 aliphatic heterocycles. The second-order valence-corrected chi connectivity index (χ2v) is 4.53. The highest BCUT2D eigenvalue weighted by Gasteiger charge is 2.48. The third-order valence-electron chi connectivity index (χ3n) is 2.85. The molecule has 0 bridgehead atoms. The molecule has 2 fully saturated rings. The molecule has 0 aromatic heterocycles. The molecule has 76 valence electrons. The van der Waals surface area contributed by atoms with Gasteiger partial charge in [-0.25, -0.2) is 0 Å². The Balaban J connectivity index is 1.80. The largest absolute Gasteiger partial charge is 0.393 e. The van der Waals surface area contributed by atoms with Crippen LogP contribution in [0.3, 0.4) is 0 Å². The Labute approximate surface area is 84.4 Å². The Kier molecular flexibility index (Phi) is 3.44. The van der Waals surface area contributed by atoms with Crippen molar-refractivity contribution in [3.63, 3.8) is 0 Å². The Hall–Kier alpha value is 0.600. The predicted octanol–water partition coefficient (Wildman–Crippen LogP) is 2.03. The molecule has 1 saturated carbocycles. The van der Waals surface area contributed by atoms with Gasteiger partial charge in [-0.05, 0) is 12.8 Å². The Morgan fingerprint density at radius 2 is 2.15 bits per heavy atom. The van der Waals surface area contributed by atoms with Crippen molar-refractivity contribution >= 4 is 19.4 Å². The lowest BCUT2D eigenvalue weighted by molar-refractivity contribution is 0.0538. The summed E-state index contributed by atoms with van der Waals surface area (Å²) in [7, 11) is -0.0414. The van der Waals surface area contributed by atoms with Crippen LogP contribution in [-0.4, -0.2) is 23.6 Å². The first-order valence-electron chi connectivity index (χ1n) is 4.67. The number of hydrogen-bond acceptors (Lipinski definition) is 3. The summed E-state index contributed by atoms with van der Waals surface area (Å²) in [6.45, 7) is 0. The summed E-state index contributed by atoms with van der Waals surface area (Å²) in [5, 5.41) is 9.70. The van der Waals surface area contributed by atoms with Gasteiger partial charge in [0.05, 0.1) is 6.10 Å². The molecule has 1 aliphatic carbocycles. The Morgan fingerprint density at radius 3 is 2.85 bits per heavy atom. The van der Waals surface area contributed by atoms with E-state index in [0.717, 1.165) is 19.3 Å². The lowest BCUT2D eigenvalue weighted by Crippen LogP contribution is -2.29. The fourth-order valence-corrected chi connectivity index (χ4v) is 2.62. The molecule has 0 aromatic carbocycles. The van der Waals surface area contributed by atoms with E-state index in [2.05, 4.69) is 0 Å². The van der Waals surface area contributed by atoms with E-state index in [1.54, 1.807) is 0 Å². The summed E-state index contributed by atoms with van der Waals surface area (Å²) in [6, 6.07) is 0. The summed E-state index contributed by atoms with van der Waals surface area (Å²) in [5.74, 6) is 0.270. The number of hydrogen-bond donors (Lipinski definition) is 1. The number of ether oxygens (including phenoxy) is 1. The van der Waals surface area contributed by atoms with Crippen molar-refractivity contribution < 1.29 is 14.4 Å². The molecule has 5 heteroatoms. The first-order valence-corrected chi connectivity index (χ1v) is 6.60. The summed E-state index contributed by atoms with van der Waals surface area (Å²) in [4.78, 5) is 0. The first-order chi connectivity index (χ1) is 6.33. The molecule has 2 aliphatic rings. The molecule has 5 unspecified atom stereocenters. The smallest absolute Gasteiger partial charge is 0.189 e. The molecule has 13 heavy (non-hydrogen) atoms. The van der Waals surface area contributed by atoms with Crippen LogP contribution < -0.4 is 0 Å². The van der Waals surface area contributed by atoms with E-state index in [9.17, 15) is 5.11 Å². The van der Waals surface area contributed by atoms with Gasteiger partial charge in [0.1, 0.15) is 14.3 Å². The van der Waals surface area contributed by atoms with E-state index in [1.807, 2.05) is 0 Å². The maximum atomic E-state index is 9.70. The fraction of sp³-hybridized carbons (Fsp3) is 1.00. The van der Waals surface area contributed by atoms with Gasteiger partial charge in [0, 0.05) is 5.92 Å². The Morgan fingerprint density at radius 1 is 1.38 bits per heavy atom. The summed E-state index contributed by atoms with van der Waals surface area (Å²) >= 11 is 5.44. The highest BCUT2D eigenvalue weighted by Crippen LogP contribution is 2.42. The molecule has 0 amide bonds. The molecule has 2 rings (SSSR count). The lowest BCUT2D eigenvalue weighted by atomic mass is 9.84. The summed E-state index contributed by atoms with van der Waals surface area (Å²) in [6.07, 6.45) is 4.03. The predicted molar refractivity (Wildman–Crippen MR) is 51.9 cm³/mol. The van der Waals surface area contributed by atoms with Crippen molar-refractivity contribution in [3.05, 3.63) is 0 Å². The van der Waals surface area contributed by atoms with Crippen LogP contribution in [0, 0.1) is 5.92 Å². The van der Waals surface area contributed by atoms with Crippen molar-refractivity contribution in [1.82, 2.24) is 0 Å². The van der Waals surface area contributed by atoms with E-state index in [1.165, 1.54) is 6.42 Å². The SMILES string of the molecule is OC1CCCCC1C1OC1OPCl. The third kappa shape index (κ3) is 2.34. The highest BCUT2D eigenvalue weighted by atomic mass is 35.7. The van der Waals surface area contributed by atoms with E-state index in [0.29, 0.717) is 0 Å². The number of aliphatic hydroxyl groups excluding tert-OH is 1. The number of rotatable bonds is 3. The molecule has 0 spiro atoms. The van der Waals surface area contributed by atoms with Gasteiger partial charge in [-0.3, -0.25) is 0 Å². The number of aliphatic hydroxyl groups is 1. The van der Waals surface area contributed by atoms with Crippen LogP contribution >= 0.6 is 19.4 Å². The van der Waals surface area contributed by atoms with Gasteiger partial charge in [-0.2, -0.15) is 0 Å². The minimum atomic E-state index is -0.203. The zero-order valence-corrected chi connectivity index (χ0v) is 9.04. The third-order valence-corrected chi connectivity index (χ3v) is 3.44. The van der Waals surface area contributed by atoms with Gasteiger partial charge in [0.25, 0.3) is 0 Å². The van der Waals surface area contributed by atoms with Crippen LogP contribution in [0.4, 0.5) is 0 Å². The second kappa shape index (κ2) is 4.41.